The molecule has 0 saturated carbocycles. The third kappa shape index (κ3) is 4.65. The van der Waals surface area contributed by atoms with Gasteiger partial charge in [-0.3, -0.25) is 15.0 Å². The molecule has 0 aliphatic carbocycles. The van der Waals surface area contributed by atoms with Crippen LogP contribution in [-0.4, -0.2) is 41.0 Å². The van der Waals surface area contributed by atoms with Crippen molar-refractivity contribution in [2.45, 2.75) is 25.4 Å². The number of nitrogens with zero attached hydrogens (tertiary/aromatic N) is 3. The molecule has 0 bridgehead atoms. The number of ether oxygens (including phenoxy) is 1. The third-order valence-corrected chi connectivity index (χ3v) is 5.11. The summed E-state index contributed by atoms with van der Waals surface area (Å²) in [5.74, 6) is -2.08. The number of benzene rings is 1. The van der Waals surface area contributed by atoms with Crippen molar-refractivity contribution in [1.82, 2.24) is 9.88 Å². The molecule has 1 fully saturated rings. The van der Waals surface area contributed by atoms with E-state index in [-0.39, 0.29) is 28.3 Å². The minimum atomic E-state index is -0.740. The zero-order valence-electron chi connectivity index (χ0n) is 15.6. The topological polar surface area (TPSA) is 107 Å². The van der Waals surface area contributed by atoms with Gasteiger partial charge in [-0.2, -0.15) is 0 Å². The lowest BCUT2D eigenvalue weighted by Crippen LogP contribution is -2.38. The molecule has 2 heterocycles. The summed E-state index contributed by atoms with van der Waals surface area (Å²) < 4.78 is 32.4. The zero-order valence-corrected chi connectivity index (χ0v) is 16.4. The fraction of sp³-hybridized carbons (Fsp3) is 0.389. The first-order valence-electron chi connectivity index (χ1n) is 8.89. The summed E-state index contributed by atoms with van der Waals surface area (Å²) >= 11 is 6.08. The van der Waals surface area contributed by atoms with Crippen LogP contribution in [-0.2, 0) is 6.54 Å². The minimum absolute atomic E-state index is 0.0615. The molecule has 0 amide bonds. The Bertz CT molecular complexity index is 900. The van der Waals surface area contributed by atoms with Crippen molar-refractivity contribution in [3.8, 4) is 5.75 Å². The Morgan fingerprint density at radius 2 is 2.00 bits per heavy atom. The number of anilines is 2. The summed E-state index contributed by atoms with van der Waals surface area (Å²) in [6, 6.07) is 2.46. The van der Waals surface area contributed by atoms with E-state index in [1.165, 1.54) is 25.4 Å². The lowest BCUT2D eigenvalue weighted by Gasteiger charge is -2.33. The van der Waals surface area contributed by atoms with Gasteiger partial charge in [0.25, 0.3) is 0 Å². The van der Waals surface area contributed by atoms with Crippen LogP contribution in [0, 0.1) is 21.7 Å². The second-order valence-corrected chi connectivity index (χ2v) is 7.17. The molecule has 1 saturated heterocycles. The number of piperidine rings is 1. The van der Waals surface area contributed by atoms with Crippen molar-refractivity contribution in [1.29, 1.82) is 0 Å². The normalized spacial score (nSPS) is 15.3. The second-order valence-electron chi connectivity index (χ2n) is 6.76. The van der Waals surface area contributed by atoms with Crippen LogP contribution in [0.1, 0.15) is 18.4 Å². The number of nitrogens with two attached hydrogens (primary N) is 1. The molecule has 0 radical (unpaired) electrons. The predicted octanol–water partition coefficient (Wildman–Crippen LogP) is 3.59. The summed E-state index contributed by atoms with van der Waals surface area (Å²) in [5, 5.41) is 14.5. The Labute approximate surface area is 170 Å². The Hall–Kier alpha value is -2.72. The van der Waals surface area contributed by atoms with Crippen LogP contribution in [0.25, 0.3) is 0 Å². The average Bonchev–Trinajstić information content (AvgIpc) is 2.66. The Morgan fingerprint density at radius 3 is 2.55 bits per heavy atom. The summed E-state index contributed by atoms with van der Waals surface area (Å²) in [6.07, 6.45) is 2.60. The summed E-state index contributed by atoms with van der Waals surface area (Å²) in [5.41, 5.74) is 5.94. The fourth-order valence-electron chi connectivity index (χ4n) is 3.41. The quantitative estimate of drug-likeness (QED) is 0.536. The molecule has 8 nitrogen and oxygen atoms in total. The first-order valence-corrected chi connectivity index (χ1v) is 9.27. The van der Waals surface area contributed by atoms with Crippen LogP contribution in [0.15, 0.2) is 18.3 Å². The SMILES string of the molecule is COc1c(F)cc(CN2CCC(Nc3c(Cl)cnc(N)c3[N+](=O)[O-])CC2)cc1F. The third-order valence-electron chi connectivity index (χ3n) is 4.82. The molecule has 156 valence electrons. The van der Waals surface area contributed by atoms with Gasteiger partial charge in [-0.25, -0.2) is 13.8 Å². The lowest BCUT2D eigenvalue weighted by atomic mass is 10.0. The van der Waals surface area contributed by atoms with Crippen LogP contribution in [0.3, 0.4) is 0 Å². The molecule has 3 rings (SSSR count). The van der Waals surface area contributed by atoms with Gasteiger partial charge in [0.05, 0.1) is 23.3 Å². The van der Waals surface area contributed by atoms with Gasteiger partial charge in [-0.1, -0.05) is 11.6 Å². The van der Waals surface area contributed by atoms with Gasteiger partial charge in [0.15, 0.2) is 17.4 Å². The average molecular weight is 428 g/mol. The van der Waals surface area contributed by atoms with Crippen molar-refractivity contribution in [3.05, 3.63) is 50.7 Å². The predicted molar refractivity (Wildman–Crippen MR) is 105 cm³/mol. The van der Waals surface area contributed by atoms with Gasteiger partial charge >= 0.3 is 5.69 Å². The molecular weight excluding hydrogens is 408 g/mol. The molecule has 1 aliphatic heterocycles. The smallest absolute Gasteiger partial charge is 0.335 e. The van der Waals surface area contributed by atoms with E-state index in [0.29, 0.717) is 38.0 Å². The number of pyridine rings is 1. The molecule has 29 heavy (non-hydrogen) atoms. The van der Waals surface area contributed by atoms with Crippen molar-refractivity contribution >= 4 is 28.8 Å². The highest BCUT2D eigenvalue weighted by molar-refractivity contribution is 6.33. The lowest BCUT2D eigenvalue weighted by molar-refractivity contribution is -0.383. The number of hydrogen-bond acceptors (Lipinski definition) is 7. The number of nitro groups is 1. The van der Waals surface area contributed by atoms with Crippen LogP contribution in [0.5, 0.6) is 5.75 Å². The number of methoxy groups -OCH3 is 1. The van der Waals surface area contributed by atoms with E-state index in [2.05, 4.69) is 15.2 Å². The van der Waals surface area contributed by atoms with E-state index in [4.69, 9.17) is 22.1 Å². The number of likely N-dealkylation sites (tertiary alicyclic amines) is 1. The molecule has 3 N–H and O–H groups in total. The first kappa shape index (κ1) is 21.0. The molecule has 1 aromatic heterocycles. The molecule has 1 aromatic carbocycles. The Morgan fingerprint density at radius 1 is 1.38 bits per heavy atom. The second kappa shape index (κ2) is 8.75. The highest BCUT2D eigenvalue weighted by Crippen LogP contribution is 2.36. The van der Waals surface area contributed by atoms with Crippen LogP contribution >= 0.6 is 11.6 Å². The van der Waals surface area contributed by atoms with E-state index in [1.807, 2.05) is 0 Å². The Kier molecular flexibility index (Phi) is 6.33. The maximum atomic E-state index is 13.9. The van der Waals surface area contributed by atoms with E-state index in [1.54, 1.807) is 0 Å². The van der Waals surface area contributed by atoms with Crippen LogP contribution in [0.2, 0.25) is 5.02 Å². The molecule has 11 heteroatoms. The number of rotatable bonds is 6. The van der Waals surface area contributed by atoms with E-state index in [0.717, 1.165) is 0 Å². The maximum absolute atomic E-state index is 13.9. The highest BCUT2D eigenvalue weighted by Gasteiger charge is 2.27. The molecule has 0 atom stereocenters. The van der Waals surface area contributed by atoms with Crippen molar-refractivity contribution < 1.29 is 18.4 Å². The standard InChI is InChI=1S/C18H20ClF2N5O3/c1-29-17-13(20)6-10(7-14(17)21)9-25-4-2-11(3-5-25)24-15-12(19)8-23-18(22)16(15)26(27)28/h6-8,11H,2-5,9H2,1H3,(H3,22,23,24). The first-order chi connectivity index (χ1) is 13.8. The molecular formula is C18H20ClF2N5O3. The molecule has 0 spiro atoms. The molecule has 0 unspecified atom stereocenters. The van der Waals surface area contributed by atoms with E-state index in [9.17, 15) is 18.9 Å². The van der Waals surface area contributed by atoms with Gasteiger partial charge < -0.3 is 15.8 Å². The maximum Gasteiger partial charge on any atom is 0.335 e. The number of aromatic nitrogens is 1. The largest absolute Gasteiger partial charge is 0.491 e. The summed E-state index contributed by atoms with van der Waals surface area (Å²) in [6.45, 7) is 1.66. The number of hydrogen-bond donors (Lipinski definition) is 2. The van der Waals surface area contributed by atoms with Gasteiger partial charge in [0.1, 0.15) is 5.69 Å². The fourth-order valence-corrected chi connectivity index (χ4v) is 3.60. The zero-order chi connectivity index (χ0) is 21.1. The van der Waals surface area contributed by atoms with Crippen molar-refractivity contribution in [2.75, 3.05) is 31.2 Å². The molecule has 2 aromatic rings. The van der Waals surface area contributed by atoms with E-state index < -0.39 is 22.3 Å². The number of nitrogen functional groups attached to an aromatic ring is 1. The monoisotopic (exact) mass is 427 g/mol. The summed E-state index contributed by atoms with van der Waals surface area (Å²) in [7, 11) is 1.21. The minimum Gasteiger partial charge on any atom is -0.491 e. The van der Waals surface area contributed by atoms with Gasteiger partial charge in [-0.15, -0.1) is 0 Å². The van der Waals surface area contributed by atoms with Gasteiger partial charge in [-0.05, 0) is 30.5 Å². The number of halogens is 3. The number of nitrogens with one attached hydrogen (secondary N) is 1. The summed E-state index contributed by atoms with van der Waals surface area (Å²) in [4.78, 5) is 16.5. The van der Waals surface area contributed by atoms with Crippen LogP contribution < -0.4 is 15.8 Å². The van der Waals surface area contributed by atoms with Gasteiger partial charge in [0.2, 0.25) is 5.82 Å². The Balaban J connectivity index is 1.64. The van der Waals surface area contributed by atoms with Crippen molar-refractivity contribution in [2.24, 2.45) is 0 Å². The van der Waals surface area contributed by atoms with Crippen molar-refractivity contribution in [3.63, 3.8) is 0 Å². The highest BCUT2D eigenvalue weighted by atomic mass is 35.5. The molecule has 1 aliphatic rings. The van der Waals surface area contributed by atoms with Crippen LogP contribution in [0.4, 0.5) is 26.0 Å². The van der Waals surface area contributed by atoms with Gasteiger partial charge in [0, 0.05) is 25.7 Å². The van der Waals surface area contributed by atoms with E-state index >= 15 is 0 Å².